The summed E-state index contributed by atoms with van der Waals surface area (Å²) >= 11 is 0. The summed E-state index contributed by atoms with van der Waals surface area (Å²) in [5.41, 5.74) is 2.86. The molecule has 0 radical (unpaired) electrons. The highest BCUT2D eigenvalue weighted by Gasteiger charge is 1.99. The minimum absolute atomic E-state index is 0.719. The first kappa shape index (κ1) is 12.3. The van der Waals surface area contributed by atoms with Gasteiger partial charge in [0.2, 0.25) is 0 Å². The van der Waals surface area contributed by atoms with E-state index in [9.17, 15) is 0 Å². The molecular formula is C15H15N3. The standard InChI is InChI=1S/C15H15N3/c16-11-13-5-1-2-6-14(13)12-17-10-8-15-7-3-4-9-18-15/h1-7,9,17H,8,10,12H2. The number of hydrogen-bond donors (Lipinski definition) is 1. The maximum absolute atomic E-state index is 8.97. The molecule has 0 saturated carbocycles. The Labute approximate surface area is 107 Å². The van der Waals surface area contributed by atoms with E-state index in [0.717, 1.165) is 36.3 Å². The smallest absolute Gasteiger partial charge is 0.0995 e. The molecule has 0 saturated heterocycles. The maximum Gasteiger partial charge on any atom is 0.0995 e. The van der Waals surface area contributed by atoms with Crippen LogP contribution < -0.4 is 5.32 Å². The molecule has 0 unspecified atom stereocenters. The van der Waals surface area contributed by atoms with Crippen LogP contribution in [0.15, 0.2) is 48.7 Å². The molecule has 1 aromatic heterocycles. The van der Waals surface area contributed by atoms with Crippen LogP contribution in [0.2, 0.25) is 0 Å². The second-order valence-corrected chi connectivity index (χ2v) is 4.02. The molecule has 18 heavy (non-hydrogen) atoms. The van der Waals surface area contributed by atoms with Gasteiger partial charge in [-0.3, -0.25) is 4.98 Å². The van der Waals surface area contributed by atoms with Crippen molar-refractivity contribution in [2.24, 2.45) is 0 Å². The fourth-order valence-corrected chi connectivity index (χ4v) is 1.77. The van der Waals surface area contributed by atoms with Crippen molar-refractivity contribution in [3.63, 3.8) is 0 Å². The van der Waals surface area contributed by atoms with E-state index in [4.69, 9.17) is 5.26 Å². The summed E-state index contributed by atoms with van der Waals surface area (Å²) in [5.74, 6) is 0. The van der Waals surface area contributed by atoms with Crippen molar-refractivity contribution >= 4 is 0 Å². The van der Waals surface area contributed by atoms with Crippen molar-refractivity contribution in [2.45, 2.75) is 13.0 Å². The number of rotatable bonds is 5. The zero-order chi connectivity index (χ0) is 12.6. The molecule has 1 heterocycles. The number of aromatic nitrogens is 1. The molecule has 2 aromatic rings. The van der Waals surface area contributed by atoms with E-state index in [0.29, 0.717) is 0 Å². The molecule has 3 heteroatoms. The van der Waals surface area contributed by atoms with Crippen LogP contribution in [-0.2, 0) is 13.0 Å². The van der Waals surface area contributed by atoms with Crippen molar-refractivity contribution in [1.82, 2.24) is 10.3 Å². The summed E-state index contributed by atoms with van der Waals surface area (Å²) in [7, 11) is 0. The Balaban J connectivity index is 1.81. The van der Waals surface area contributed by atoms with Crippen LogP contribution in [0.25, 0.3) is 0 Å². The van der Waals surface area contributed by atoms with E-state index in [1.807, 2.05) is 42.5 Å². The zero-order valence-electron chi connectivity index (χ0n) is 10.1. The lowest BCUT2D eigenvalue weighted by Crippen LogP contribution is -2.17. The first-order valence-electron chi connectivity index (χ1n) is 5.99. The van der Waals surface area contributed by atoms with E-state index in [1.165, 1.54) is 0 Å². The van der Waals surface area contributed by atoms with Gasteiger partial charge in [0.1, 0.15) is 0 Å². The van der Waals surface area contributed by atoms with Crippen molar-refractivity contribution in [3.05, 3.63) is 65.5 Å². The predicted molar refractivity (Wildman–Crippen MR) is 70.8 cm³/mol. The number of benzene rings is 1. The van der Waals surface area contributed by atoms with Crippen molar-refractivity contribution in [3.8, 4) is 6.07 Å². The molecular weight excluding hydrogens is 222 g/mol. The van der Waals surface area contributed by atoms with Gasteiger partial charge in [0, 0.05) is 31.4 Å². The molecule has 0 amide bonds. The molecule has 1 N–H and O–H groups in total. The largest absolute Gasteiger partial charge is 0.312 e. The van der Waals surface area contributed by atoms with Gasteiger partial charge in [-0.1, -0.05) is 24.3 Å². The van der Waals surface area contributed by atoms with E-state index in [1.54, 1.807) is 6.20 Å². The molecule has 0 aliphatic heterocycles. The number of nitrogens with zero attached hydrogens (tertiary/aromatic N) is 2. The average molecular weight is 237 g/mol. The molecule has 0 spiro atoms. The van der Waals surface area contributed by atoms with Gasteiger partial charge in [0.15, 0.2) is 0 Å². The Hall–Kier alpha value is -2.18. The van der Waals surface area contributed by atoms with E-state index in [-0.39, 0.29) is 0 Å². The molecule has 90 valence electrons. The third-order valence-corrected chi connectivity index (χ3v) is 2.74. The van der Waals surface area contributed by atoms with E-state index >= 15 is 0 Å². The molecule has 3 nitrogen and oxygen atoms in total. The van der Waals surface area contributed by atoms with E-state index in [2.05, 4.69) is 16.4 Å². The van der Waals surface area contributed by atoms with Gasteiger partial charge in [-0.25, -0.2) is 0 Å². The van der Waals surface area contributed by atoms with Crippen LogP contribution in [0.1, 0.15) is 16.8 Å². The second-order valence-electron chi connectivity index (χ2n) is 4.02. The second kappa shape index (κ2) is 6.53. The first-order chi connectivity index (χ1) is 8.90. The van der Waals surface area contributed by atoms with Crippen molar-refractivity contribution in [2.75, 3.05) is 6.54 Å². The van der Waals surface area contributed by atoms with Crippen LogP contribution in [0.5, 0.6) is 0 Å². The molecule has 2 rings (SSSR count). The van der Waals surface area contributed by atoms with Crippen LogP contribution in [0, 0.1) is 11.3 Å². The SMILES string of the molecule is N#Cc1ccccc1CNCCc1ccccn1. The Morgan fingerprint density at radius 2 is 1.94 bits per heavy atom. The fraction of sp³-hybridized carbons (Fsp3) is 0.200. The highest BCUT2D eigenvalue weighted by Crippen LogP contribution is 2.06. The van der Waals surface area contributed by atoms with Gasteiger partial charge in [-0.15, -0.1) is 0 Å². The van der Waals surface area contributed by atoms with Crippen molar-refractivity contribution < 1.29 is 0 Å². The summed E-state index contributed by atoms with van der Waals surface area (Å²) in [6.45, 7) is 1.58. The number of hydrogen-bond acceptors (Lipinski definition) is 3. The summed E-state index contributed by atoms with van der Waals surface area (Å²) in [4.78, 5) is 4.26. The van der Waals surface area contributed by atoms with Gasteiger partial charge in [0.05, 0.1) is 11.6 Å². The lowest BCUT2D eigenvalue weighted by atomic mass is 10.1. The first-order valence-corrected chi connectivity index (χ1v) is 5.99. The van der Waals surface area contributed by atoms with Crippen LogP contribution in [0.3, 0.4) is 0 Å². The lowest BCUT2D eigenvalue weighted by molar-refractivity contribution is 0.679. The lowest BCUT2D eigenvalue weighted by Gasteiger charge is -2.06. The zero-order valence-corrected chi connectivity index (χ0v) is 10.1. The van der Waals surface area contributed by atoms with Gasteiger partial charge in [-0.2, -0.15) is 5.26 Å². The van der Waals surface area contributed by atoms with Crippen LogP contribution in [-0.4, -0.2) is 11.5 Å². The summed E-state index contributed by atoms with van der Waals surface area (Å²) < 4.78 is 0. The molecule has 0 atom stereocenters. The number of nitriles is 1. The molecule has 1 aromatic carbocycles. The van der Waals surface area contributed by atoms with E-state index < -0.39 is 0 Å². The normalized spacial score (nSPS) is 9.94. The highest BCUT2D eigenvalue weighted by atomic mass is 14.9. The minimum atomic E-state index is 0.719. The summed E-state index contributed by atoms with van der Waals surface area (Å²) in [6, 6.07) is 15.8. The van der Waals surface area contributed by atoms with Gasteiger partial charge in [-0.05, 0) is 23.8 Å². The van der Waals surface area contributed by atoms with Gasteiger partial charge >= 0.3 is 0 Å². The Bertz CT molecular complexity index is 529. The summed E-state index contributed by atoms with van der Waals surface area (Å²) in [5, 5.41) is 12.3. The summed E-state index contributed by atoms with van der Waals surface area (Å²) in [6.07, 6.45) is 2.70. The molecule has 0 aliphatic carbocycles. The Kier molecular flexibility index (Phi) is 4.46. The maximum atomic E-state index is 8.97. The predicted octanol–water partition coefficient (Wildman–Crippen LogP) is 2.29. The number of pyridine rings is 1. The Morgan fingerprint density at radius 3 is 2.72 bits per heavy atom. The molecule has 0 fully saturated rings. The van der Waals surface area contributed by atoms with Crippen molar-refractivity contribution in [1.29, 1.82) is 5.26 Å². The van der Waals surface area contributed by atoms with Gasteiger partial charge < -0.3 is 5.32 Å². The molecule has 0 bridgehead atoms. The highest BCUT2D eigenvalue weighted by molar-refractivity contribution is 5.37. The third-order valence-electron chi connectivity index (χ3n) is 2.74. The molecule has 0 aliphatic rings. The average Bonchev–Trinajstić information content (AvgIpc) is 2.45. The fourth-order valence-electron chi connectivity index (χ4n) is 1.77. The van der Waals surface area contributed by atoms with Gasteiger partial charge in [0.25, 0.3) is 0 Å². The van der Waals surface area contributed by atoms with Crippen LogP contribution in [0.4, 0.5) is 0 Å². The minimum Gasteiger partial charge on any atom is -0.312 e. The number of nitrogens with one attached hydrogen (secondary N) is 1. The Morgan fingerprint density at radius 1 is 1.11 bits per heavy atom. The monoisotopic (exact) mass is 237 g/mol. The quantitative estimate of drug-likeness (QED) is 0.812. The third kappa shape index (κ3) is 3.41. The van der Waals surface area contributed by atoms with Crippen LogP contribution >= 0.6 is 0 Å². The topological polar surface area (TPSA) is 48.7 Å².